The quantitative estimate of drug-likeness (QED) is 0.623. The molecule has 0 spiro atoms. The van der Waals surface area contributed by atoms with Gasteiger partial charge in [0.2, 0.25) is 10.0 Å². The van der Waals surface area contributed by atoms with Crippen LogP contribution in [-0.4, -0.2) is 31.6 Å². The maximum absolute atomic E-state index is 11.6. The molecule has 13 heavy (non-hydrogen) atoms. The molecular formula is C9H17NO2S. The van der Waals surface area contributed by atoms with Gasteiger partial charge in [-0.2, -0.15) is 4.31 Å². The summed E-state index contributed by atoms with van der Waals surface area (Å²) in [5.74, 6) is 2.65. The van der Waals surface area contributed by atoms with Crippen molar-refractivity contribution in [3.05, 3.63) is 0 Å². The van der Waals surface area contributed by atoms with Gasteiger partial charge in [-0.3, -0.25) is 0 Å². The monoisotopic (exact) mass is 203 g/mol. The maximum atomic E-state index is 11.6. The zero-order valence-electron chi connectivity index (χ0n) is 8.45. The first-order chi connectivity index (χ1) is 5.94. The summed E-state index contributed by atoms with van der Waals surface area (Å²) in [5, 5.41) is 0. The van der Waals surface area contributed by atoms with Gasteiger partial charge in [-0.05, 0) is 5.92 Å². The average molecular weight is 203 g/mol. The van der Waals surface area contributed by atoms with E-state index in [0.717, 1.165) is 0 Å². The van der Waals surface area contributed by atoms with Crippen LogP contribution in [0.4, 0.5) is 0 Å². The van der Waals surface area contributed by atoms with Gasteiger partial charge < -0.3 is 0 Å². The fourth-order valence-corrected chi connectivity index (χ4v) is 2.75. The van der Waals surface area contributed by atoms with Gasteiger partial charge in [-0.15, -0.1) is 6.42 Å². The van der Waals surface area contributed by atoms with Gasteiger partial charge in [0.1, 0.15) is 0 Å². The molecule has 0 unspecified atom stereocenters. The van der Waals surface area contributed by atoms with Crippen molar-refractivity contribution in [1.82, 2.24) is 4.31 Å². The Hall–Kier alpha value is -0.530. The zero-order chi connectivity index (χ0) is 10.5. The van der Waals surface area contributed by atoms with Crippen molar-refractivity contribution < 1.29 is 8.42 Å². The Labute approximate surface area is 81.2 Å². The molecule has 0 saturated carbocycles. The highest BCUT2D eigenvalue weighted by Gasteiger charge is 2.20. The van der Waals surface area contributed by atoms with Crippen molar-refractivity contribution in [1.29, 1.82) is 0 Å². The lowest BCUT2D eigenvalue weighted by molar-refractivity contribution is 0.457. The molecule has 0 rings (SSSR count). The van der Waals surface area contributed by atoms with Crippen LogP contribution in [0.2, 0.25) is 0 Å². The molecule has 0 aliphatic rings. The number of sulfonamides is 1. The Bertz CT molecular complexity index is 274. The fraction of sp³-hybridized carbons (Fsp3) is 0.778. The van der Waals surface area contributed by atoms with Crippen LogP contribution in [0.15, 0.2) is 0 Å². The molecule has 0 aliphatic heterocycles. The Kier molecular flexibility index (Phi) is 5.04. The SMILES string of the molecule is C#CCN(CC)S(=O)(=O)CC(C)C. The van der Waals surface area contributed by atoms with Gasteiger partial charge in [0.15, 0.2) is 0 Å². The lowest BCUT2D eigenvalue weighted by Gasteiger charge is -2.18. The molecule has 0 N–H and O–H groups in total. The van der Waals surface area contributed by atoms with Crippen molar-refractivity contribution in [2.24, 2.45) is 5.92 Å². The first-order valence-electron chi connectivity index (χ1n) is 4.35. The fourth-order valence-electron chi connectivity index (χ4n) is 1.04. The maximum Gasteiger partial charge on any atom is 0.215 e. The summed E-state index contributed by atoms with van der Waals surface area (Å²) in [6.07, 6.45) is 5.08. The van der Waals surface area contributed by atoms with E-state index in [1.165, 1.54) is 4.31 Å². The topological polar surface area (TPSA) is 37.4 Å². The minimum absolute atomic E-state index is 0.136. The molecule has 0 atom stereocenters. The second kappa shape index (κ2) is 5.25. The predicted octanol–water partition coefficient (Wildman–Crippen LogP) is 0.927. The standard InChI is InChI=1S/C9H17NO2S/c1-5-7-10(6-2)13(11,12)8-9(3)4/h1,9H,6-8H2,2-4H3. The summed E-state index contributed by atoms with van der Waals surface area (Å²) in [5.41, 5.74) is 0. The van der Waals surface area contributed by atoms with Crippen molar-refractivity contribution in [2.75, 3.05) is 18.8 Å². The van der Waals surface area contributed by atoms with E-state index >= 15 is 0 Å². The van der Waals surface area contributed by atoms with Crippen molar-refractivity contribution >= 4 is 10.0 Å². The van der Waals surface area contributed by atoms with Crippen LogP contribution in [0.25, 0.3) is 0 Å². The van der Waals surface area contributed by atoms with E-state index in [1.54, 1.807) is 6.92 Å². The highest BCUT2D eigenvalue weighted by atomic mass is 32.2. The van der Waals surface area contributed by atoms with Crippen molar-refractivity contribution in [3.8, 4) is 12.3 Å². The van der Waals surface area contributed by atoms with Gasteiger partial charge in [0.25, 0.3) is 0 Å². The van der Waals surface area contributed by atoms with Crippen LogP contribution in [0.5, 0.6) is 0 Å². The Morgan fingerprint density at radius 2 is 2.00 bits per heavy atom. The van der Waals surface area contributed by atoms with Crippen LogP contribution >= 0.6 is 0 Å². The molecule has 76 valence electrons. The van der Waals surface area contributed by atoms with E-state index < -0.39 is 10.0 Å². The van der Waals surface area contributed by atoms with Crippen molar-refractivity contribution in [2.45, 2.75) is 20.8 Å². The number of hydrogen-bond acceptors (Lipinski definition) is 2. The molecule has 4 heteroatoms. The third kappa shape index (κ3) is 4.30. The van der Waals surface area contributed by atoms with E-state index in [0.29, 0.717) is 6.54 Å². The van der Waals surface area contributed by atoms with Gasteiger partial charge >= 0.3 is 0 Å². The molecule has 0 radical (unpaired) electrons. The number of rotatable bonds is 5. The largest absolute Gasteiger partial charge is 0.215 e. The second-order valence-electron chi connectivity index (χ2n) is 3.30. The summed E-state index contributed by atoms with van der Waals surface area (Å²) in [7, 11) is -3.14. The van der Waals surface area contributed by atoms with Crippen LogP contribution in [0.1, 0.15) is 20.8 Å². The molecule has 0 fully saturated rings. The van der Waals surface area contributed by atoms with Crippen molar-refractivity contribution in [3.63, 3.8) is 0 Å². The molecule has 0 heterocycles. The third-order valence-corrected chi connectivity index (χ3v) is 3.82. The molecule has 0 aliphatic carbocycles. The highest BCUT2D eigenvalue weighted by molar-refractivity contribution is 7.89. The molecule has 0 amide bonds. The van der Waals surface area contributed by atoms with Gasteiger partial charge in [0, 0.05) is 6.54 Å². The van der Waals surface area contributed by atoms with Crippen LogP contribution in [0.3, 0.4) is 0 Å². The lowest BCUT2D eigenvalue weighted by Crippen LogP contribution is -2.34. The predicted molar refractivity (Wildman–Crippen MR) is 54.7 cm³/mol. The summed E-state index contributed by atoms with van der Waals surface area (Å²) >= 11 is 0. The number of terminal acetylenes is 1. The van der Waals surface area contributed by atoms with Gasteiger partial charge in [-0.25, -0.2) is 8.42 Å². The molecular weight excluding hydrogens is 186 g/mol. The first kappa shape index (κ1) is 12.5. The summed E-state index contributed by atoms with van der Waals surface area (Å²) in [6.45, 7) is 6.16. The molecule has 0 saturated heterocycles. The van der Waals surface area contributed by atoms with E-state index in [-0.39, 0.29) is 18.2 Å². The van der Waals surface area contributed by atoms with E-state index in [9.17, 15) is 8.42 Å². The molecule has 3 nitrogen and oxygen atoms in total. The van der Waals surface area contributed by atoms with Crippen LogP contribution in [-0.2, 0) is 10.0 Å². The Balaban J connectivity index is 4.51. The van der Waals surface area contributed by atoms with Crippen LogP contribution < -0.4 is 0 Å². The van der Waals surface area contributed by atoms with E-state index in [4.69, 9.17) is 6.42 Å². The van der Waals surface area contributed by atoms with Gasteiger partial charge in [0.05, 0.1) is 12.3 Å². The third-order valence-electron chi connectivity index (χ3n) is 1.56. The Morgan fingerprint density at radius 3 is 2.31 bits per heavy atom. The lowest BCUT2D eigenvalue weighted by atomic mass is 10.3. The minimum Gasteiger partial charge on any atom is -0.212 e. The summed E-state index contributed by atoms with van der Waals surface area (Å²) in [4.78, 5) is 0. The number of nitrogens with zero attached hydrogens (tertiary/aromatic N) is 1. The van der Waals surface area contributed by atoms with Gasteiger partial charge in [-0.1, -0.05) is 26.7 Å². The number of hydrogen-bond donors (Lipinski definition) is 0. The molecule has 0 aromatic carbocycles. The summed E-state index contributed by atoms with van der Waals surface area (Å²) < 4.78 is 24.5. The Morgan fingerprint density at radius 1 is 1.46 bits per heavy atom. The summed E-state index contributed by atoms with van der Waals surface area (Å²) in [6, 6.07) is 0. The molecule has 0 bridgehead atoms. The second-order valence-corrected chi connectivity index (χ2v) is 5.32. The minimum atomic E-state index is -3.14. The molecule has 0 aromatic rings. The van der Waals surface area contributed by atoms with Crippen LogP contribution in [0, 0.1) is 18.3 Å². The zero-order valence-corrected chi connectivity index (χ0v) is 9.26. The highest BCUT2D eigenvalue weighted by Crippen LogP contribution is 2.05. The van der Waals surface area contributed by atoms with E-state index in [2.05, 4.69) is 5.92 Å². The average Bonchev–Trinajstić information content (AvgIpc) is 1.97. The molecule has 0 aromatic heterocycles. The van der Waals surface area contributed by atoms with E-state index in [1.807, 2.05) is 13.8 Å². The normalized spacial score (nSPS) is 12.0. The first-order valence-corrected chi connectivity index (χ1v) is 5.96. The smallest absolute Gasteiger partial charge is 0.212 e.